The number of carbonyl (C=O) groups is 1. The summed E-state index contributed by atoms with van der Waals surface area (Å²) in [5.74, 6) is 0.475. The number of imidazole rings is 1. The highest BCUT2D eigenvalue weighted by molar-refractivity contribution is 5.91. The number of aromatic amines is 1. The van der Waals surface area contributed by atoms with Crippen molar-refractivity contribution in [2.45, 2.75) is 19.4 Å². The van der Waals surface area contributed by atoms with Gasteiger partial charge in [0.2, 0.25) is 0 Å². The Morgan fingerprint density at radius 1 is 1.22 bits per heavy atom. The van der Waals surface area contributed by atoms with Crippen molar-refractivity contribution in [2.75, 3.05) is 6.54 Å². The van der Waals surface area contributed by atoms with Crippen LogP contribution in [0.4, 0.5) is 0 Å². The Hall–Kier alpha value is -4.21. The quantitative estimate of drug-likeness (QED) is 0.468. The lowest BCUT2D eigenvalue weighted by atomic mass is 9.97. The standard InChI is InChI=1S/C22H19N7O3/c1-12-14-5-3-4-6-16(14)31-19(12)18-17-15(23-11-24-17)7-8-29(18)22(30)21-27-26-20(32-21)13-9-25-28(2)10-13/h3-6,9-11,18H,7-8H2,1-2H3,(H,23,24)/t18-/m1/s1. The molecule has 160 valence electrons. The first kappa shape index (κ1) is 18.6. The van der Waals surface area contributed by atoms with Crippen LogP contribution in [0.5, 0.6) is 0 Å². The number of H-pyrrole nitrogens is 1. The molecule has 0 saturated carbocycles. The molecular weight excluding hydrogens is 410 g/mol. The Morgan fingerprint density at radius 3 is 2.91 bits per heavy atom. The predicted molar refractivity (Wildman–Crippen MR) is 113 cm³/mol. The molecule has 0 aliphatic carbocycles. The second-order valence-electron chi connectivity index (χ2n) is 7.82. The minimum Gasteiger partial charge on any atom is -0.458 e. The highest BCUT2D eigenvalue weighted by Gasteiger charge is 2.39. The van der Waals surface area contributed by atoms with Gasteiger partial charge in [-0.3, -0.25) is 9.48 Å². The maximum absolute atomic E-state index is 13.5. The van der Waals surface area contributed by atoms with Gasteiger partial charge in [0.05, 0.1) is 23.8 Å². The van der Waals surface area contributed by atoms with E-state index < -0.39 is 6.04 Å². The van der Waals surface area contributed by atoms with Crippen molar-refractivity contribution in [3.05, 3.63) is 71.6 Å². The van der Waals surface area contributed by atoms with Crippen LogP contribution >= 0.6 is 0 Å². The Kier molecular flexibility index (Phi) is 4.00. The summed E-state index contributed by atoms with van der Waals surface area (Å²) in [5, 5.41) is 13.2. The van der Waals surface area contributed by atoms with Gasteiger partial charge in [0.1, 0.15) is 17.4 Å². The van der Waals surface area contributed by atoms with Crippen LogP contribution in [-0.4, -0.2) is 47.3 Å². The molecule has 6 rings (SSSR count). The summed E-state index contributed by atoms with van der Waals surface area (Å²) in [6.45, 7) is 2.46. The molecule has 32 heavy (non-hydrogen) atoms. The SMILES string of the molecule is Cc1c([C@H]2c3nc[nH]c3CCN2C(=O)c2nnc(-c3cnn(C)c3)o2)oc2ccccc12. The van der Waals surface area contributed by atoms with Gasteiger partial charge in [0.15, 0.2) is 0 Å². The third-order valence-corrected chi connectivity index (χ3v) is 5.87. The van der Waals surface area contributed by atoms with Crippen LogP contribution in [0.15, 0.2) is 51.8 Å². The van der Waals surface area contributed by atoms with Crippen LogP contribution in [0.1, 0.15) is 39.4 Å². The number of aryl methyl sites for hydroxylation is 2. The zero-order valence-corrected chi connectivity index (χ0v) is 17.4. The zero-order valence-electron chi connectivity index (χ0n) is 17.4. The molecule has 0 unspecified atom stereocenters. The van der Waals surface area contributed by atoms with E-state index in [-0.39, 0.29) is 17.7 Å². The van der Waals surface area contributed by atoms with Crippen LogP contribution < -0.4 is 0 Å². The fourth-order valence-corrected chi connectivity index (χ4v) is 4.30. The summed E-state index contributed by atoms with van der Waals surface area (Å²) in [5.41, 5.74) is 4.14. The molecule has 0 saturated heterocycles. The number of rotatable bonds is 3. The first-order valence-electron chi connectivity index (χ1n) is 10.2. The summed E-state index contributed by atoms with van der Waals surface area (Å²) in [7, 11) is 1.79. The van der Waals surface area contributed by atoms with Crippen LogP contribution in [-0.2, 0) is 13.5 Å². The highest BCUT2D eigenvalue weighted by atomic mass is 16.4. The number of carbonyl (C=O) groups excluding carboxylic acids is 1. The lowest BCUT2D eigenvalue weighted by Crippen LogP contribution is -2.41. The largest absolute Gasteiger partial charge is 0.458 e. The second kappa shape index (κ2) is 6.91. The van der Waals surface area contributed by atoms with E-state index in [4.69, 9.17) is 8.83 Å². The molecule has 0 radical (unpaired) electrons. The van der Waals surface area contributed by atoms with Gasteiger partial charge < -0.3 is 18.7 Å². The lowest BCUT2D eigenvalue weighted by molar-refractivity contribution is 0.0632. The molecule has 5 aromatic rings. The molecule has 10 nitrogen and oxygen atoms in total. The summed E-state index contributed by atoms with van der Waals surface area (Å²) >= 11 is 0. The van der Waals surface area contributed by atoms with Crippen LogP contribution in [0, 0.1) is 6.92 Å². The van der Waals surface area contributed by atoms with Crippen molar-refractivity contribution in [1.82, 2.24) is 34.8 Å². The minimum atomic E-state index is -0.501. The van der Waals surface area contributed by atoms with E-state index in [9.17, 15) is 4.79 Å². The van der Waals surface area contributed by atoms with Crippen LogP contribution in [0.3, 0.4) is 0 Å². The van der Waals surface area contributed by atoms with E-state index >= 15 is 0 Å². The molecule has 0 bridgehead atoms. The number of fused-ring (bicyclic) bond motifs is 2. The molecule has 5 heterocycles. The van der Waals surface area contributed by atoms with E-state index in [0.29, 0.717) is 24.3 Å². The first-order chi connectivity index (χ1) is 15.6. The number of aromatic nitrogens is 6. The fraction of sp³-hybridized carbons (Fsp3) is 0.227. The Bertz CT molecular complexity index is 1460. The van der Waals surface area contributed by atoms with Gasteiger partial charge in [-0.1, -0.05) is 18.2 Å². The van der Waals surface area contributed by atoms with Gasteiger partial charge in [-0.25, -0.2) is 4.98 Å². The smallest absolute Gasteiger partial charge is 0.312 e. The molecule has 10 heteroatoms. The van der Waals surface area contributed by atoms with Gasteiger partial charge in [-0.05, 0) is 13.0 Å². The maximum Gasteiger partial charge on any atom is 0.312 e. The molecule has 4 aromatic heterocycles. The molecule has 1 atom stereocenters. The summed E-state index contributed by atoms with van der Waals surface area (Å²) < 4.78 is 13.6. The van der Waals surface area contributed by atoms with E-state index in [2.05, 4.69) is 25.3 Å². The second-order valence-corrected chi connectivity index (χ2v) is 7.82. The predicted octanol–water partition coefficient (Wildman–Crippen LogP) is 3.04. The summed E-state index contributed by atoms with van der Waals surface area (Å²) in [4.78, 5) is 22.9. The van der Waals surface area contributed by atoms with Gasteiger partial charge in [-0.15, -0.1) is 10.2 Å². The molecule has 1 amide bonds. The van der Waals surface area contributed by atoms with Crippen molar-refractivity contribution in [1.29, 1.82) is 0 Å². The average molecular weight is 429 g/mol. The molecule has 1 aromatic carbocycles. The van der Waals surface area contributed by atoms with Gasteiger partial charge in [0.25, 0.3) is 5.89 Å². The number of furan rings is 1. The molecule has 0 fully saturated rings. The molecule has 1 aliphatic heterocycles. The highest BCUT2D eigenvalue weighted by Crippen LogP contribution is 2.39. The van der Waals surface area contributed by atoms with Gasteiger partial charge >= 0.3 is 11.8 Å². The van der Waals surface area contributed by atoms with Crippen molar-refractivity contribution >= 4 is 16.9 Å². The number of nitrogens with one attached hydrogen (secondary N) is 1. The number of hydrogen-bond acceptors (Lipinski definition) is 7. The minimum absolute atomic E-state index is 0.0818. The van der Waals surface area contributed by atoms with Crippen molar-refractivity contribution in [2.24, 2.45) is 7.05 Å². The summed E-state index contributed by atoms with van der Waals surface area (Å²) in [6.07, 6.45) is 5.65. The number of para-hydroxylation sites is 1. The average Bonchev–Trinajstić information content (AvgIpc) is 3.59. The number of benzene rings is 1. The van der Waals surface area contributed by atoms with E-state index in [1.54, 1.807) is 35.4 Å². The maximum atomic E-state index is 13.5. The first-order valence-corrected chi connectivity index (χ1v) is 10.2. The third kappa shape index (κ3) is 2.76. The Morgan fingerprint density at radius 2 is 2.09 bits per heavy atom. The van der Waals surface area contributed by atoms with Crippen LogP contribution in [0.25, 0.3) is 22.4 Å². The number of hydrogen-bond donors (Lipinski definition) is 1. The molecule has 1 aliphatic rings. The van der Waals surface area contributed by atoms with Crippen LogP contribution in [0.2, 0.25) is 0 Å². The lowest BCUT2D eigenvalue weighted by Gasteiger charge is -2.33. The third-order valence-electron chi connectivity index (χ3n) is 5.87. The Labute approximate surface area is 181 Å². The van der Waals surface area contributed by atoms with E-state index in [0.717, 1.165) is 27.9 Å². The molecular formula is C22H19N7O3. The van der Waals surface area contributed by atoms with E-state index in [1.165, 1.54) is 0 Å². The van der Waals surface area contributed by atoms with Crippen molar-refractivity contribution in [3.8, 4) is 11.5 Å². The number of amides is 1. The normalized spacial score (nSPS) is 15.9. The topological polar surface area (TPSA) is 119 Å². The van der Waals surface area contributed by atoms with Gasteiger partial charge in [0, 0.05) is 42.9 Å². The van der Waals surface area contributed by atoms with Gasteiger partial charge in [-0.2, -0.15) is 5.10 Å². The van der Waals surface area contributed by atoms with E-state index in [1.807, 2.05) is 31.2 Å². The zero-order chi connectivity index (χ0) is 21.8. The summed E-state index contributed by atoms with van der Waals surface area (Å²) in [6, 6.07) is 7.33. The van der Waals surface area contributed by atoms with Crippen molar-refractivity contribution in [3.63, 3.8) is 0 Å². The monoisotopic (exact) mass is 429 g/mol. The molecule has 0 spiro atoms. The fourth-order valence-electron chi connectivity index (χ4n) is 4.30. The number of nitrogens with zero attached hydrogens (tertiary/aromatic N) is 6. The Balaban J connectivity index is 1.43. The molecule has 1 N–H and O–H groups in total. The van der Waals surface area contributed by atoms with Crippen molar-refractivity contribution < 1.29 is 13.6 Å².